The van der Waals surface area contributed by atoms with Gasteiger partial charge in [0.2, 0.25) is 5.95 Å². The molecule has 0 aliphatic rings. The summed E-state index contributed by atoms with van der Waals surface area (Å²) >= 11 is 0. The van der Waals surface area contributed by atoms with Crippen LogP contribution >= 0.6 is 0 Å². The second-order valence-electron chi connectivity index (χ2n) is 6.13. The Kier molecular flexibility index (Phi) is 3.53. The number of fused-ring (bicyclic) bond motifs is 2. The lowest BCUT2D eigenvalue weighted by atomic mass is 10.1. The smallest absolute Gasteiger partial charge is 0.229 e. The average molecular weight is 356 g/mol. The minimum Gasteiger partial charge on any atom is -0.345 e. The van der Waals surface area contributed by atoms with Gasteiger partial charge in [-0.2, -0.15) is 4.98 Å². The fourth-order valence-electron chi connectivity index (χ4n) is 3.14. The van der Waals surface area contributed by atoms with Crippen LogP contribution in [0.25, 0.3) is 33.2 Å². The van der Waals surface area contributed by atoms with Gasteiger partial charge in [-0.3, -0.25) is 4.98 Å². The fourth-order valence-corrected chi connectivity index (χ4v) is 3.14. The van der Waals surface area contributed by atoms with E-state index in [9.17, 15) is 0 Å². The van der Waals surface area contributed by atoms with Gasteiger partial charge < -0.3 is 10.3 Å². The van der Waals surface area contributed by atoms with Crippen molar-refractivity contribution < 1.29 is 0 Å². The highest BCUT2D eigenvalue weighted by Crippen LogP contribution is 2.30. The van der Waals surface area contributed by atoms with Crippen LogP contribution in [-0.4, -0.2) is 34.9 Å². The van der Waals surface area contributed by atoms with Gasteiger partial charge in [0.25, 0.3) is 0 Å². The van der Waals surface area contributed by atoms with Crippen LogP contribution in [-0.2, 0) is 6.54 Å². The zero-order valence-corrected chi connectivity index (χ0v) is 14.6. The van der Waals surface area contributed by atoms with Gasteiger partial charge in [-0.15, -0.1) is 5.10 Å². The zero-order chi connectivity index (χ0) is 18.2. The molecule has 5 aromatic rings. The zero-order valence-electron chi connectivity index (χ0n) is 14.6. The normalized spacial score (nSPS) is 11.3. The standard InChI is InChI=1S/C19H16N8/c1-2-27-17-9-12(3-4-16(17)25-26-27)14-10-21-18-15(14)11-22-19(24-18)23-13-5-7-20-8-6-13/h3-11H,2H2,1H3,(H2,20,21,22,23,24). The third-order valence-corrected chi connectivity index (χ3v) is 4.49. The van der Waals surface area contributed by atoms with Crippen LogP contribution in [0.4, 0.5) is 11.6 Å². The Morgan fingerprint density at radius 1 is 1.15 bits per heavy atom. The Bertz CT molecular complexity index is 1240. The van der Waals surface area contributed by atoms with E-state index in [4.69, 9.17) is 0 Å². The number of pyridine rings is 1. The van der Waals surface area contributed by atoms with Crippen LogP contribution in [0.5, 0.6) is 0 Å². The molecule has 0 spiro atoms. The summed E-state index contributed by atoms with van der Waals surface area (Å²) in [6, 6.07) is 9.87. The Hall–Kier alpha value is -3.81. The molecule has 4 aromatic heterocycles. The van der Waals surface area contributed by atoms with E-state index in [0.717, 1.165) is 45.4 Å². The number of aromatic amines is 1. The number of aryl methyl sites for hydroxylation is 1. The molecule has 132 valence electrons. The molecule has 0 amide bonds. The molecule has 27 heavy (non-hydrogen) atoms. The van der Waals surface area contributed by atoms with Gasteiger partial charge in [-0.1, -0.05) is 11.3 Å². The van der Waals surface area contributed by atoms with Gasteiger partial charge >= 0.3 is 0 Å². The van der Waals surface area contributed by atoms with Gasteiger partial charge in [0.1, 0.15) is 11.2 Å². The lowest BCUT2D eigenvalue weighted by Crippen LogP contribution is -1.97. The van der Waals surface area contributed by atoms with Gasteiger partial charge in [0, 0.05) is 48.0 Å². The number of nitrogens with zero attached hydrogens (tertiary/aromatic N) is 6. The first-order valence-corrected chi connectivity index (χ1v) is 8.66. The Balaban J connectivity index is 1.54. The minimum atomic E-state index is 0.533. The molecular weight excluding hydrogens is 340 g/mol. The van der Waals surface area contributed by atoms with Crippen molar-refractivity contribution in [3.05, 3.63) is 55.1 Å². The highest BCUT2D eigenvalue weighted by Gasteiger charge is 2.11. The second kappa shape index (κ2) is 6.17. The number of anilines is 2. The molecule has 0 fully saturated rings. The number of rotatable bonds is 4. The fraction of sp³-hybridized carbons (Fsp3) is 0.105. The molecule has 2 N–H and O–H groups in total. The Morgan fingerprint density at radius 3 is 2.89 bits per heavy atom. The molecule has 0 radical (unpaired) electrons. The first-order valence-electron chi connectivity index (χ1n) is 8.66. The number of hydrogen-bond donors (Lipinski definition) is 2. The molecule has 8 nitrogen and oxygen atoms in total. The number of nitrogens with one attached hydrogen (secondary N) is 2. The van der Waals surface area contributed by atoms with Crippen molar-refractivity contribution in [1.29, 1.82) is 0 Å². The molecule has 1 aromatic carbocycles. The molecule has 0 bridgehead atoms. The molecule has 0 saturated carbocycles. The van der Waals surface area contributed by atoms with Gasteiger partial charge in [0.05, 0.1) is 5.52 Å². The van der Waals surface area contributed by atoms with E-state index in [1.807, 2.05) is 41.3 Å². The SMILES string of the molecule is CCn1nnc2ccc(-c3c[nH]c4nc(Nc5ccncc5)ncc34)cc21. The van der Waals surface area contributed by atoms with Crippen molar-refractivity contribution >= 4 is 33.7 Å². The molecule has 0 aliphatic carbocycles. The Labute approximate surface area is 154 Å². The highest BCUT2D eigenvalue weighted by atomic mass is 15.4. The van der Waals surface area contributed by atoms with E-state index in [1.165, 1.54) is 0 Å². The number of hydrogen-bond acceptors (Lipinski definition) is 6. The van der Waals surface area contributed by atoms with E-state index < -0.39 is 0 Å². The maximum absolute atomic E-state index is 4.57. The average Bonchev–Trinajstić information content (AvgIpc) is 3.31. The largest absolute Gasteiger partial charge is 0.345 e. The Morgan fingerprint density at radius 2 is 2.04 bits per heavy atom. The van der Waals surface area contributed by atoms with Gasteiger partial charge in [0.15, 0.2) is 0 Å². The molecule has 4 heterocycles. The summed E-state index contributed by atoms with van der Waals surface area (Å²) in [5.41, 5.74) is 5.69. The van der Waals surface area contributed by atoms with E-state index in [1.54, 1.807) is 12.4 Å². The van der Waals surface area contributed by atoms with Crippen molar-refractivity contribution in [2.75, 3.05) is 5.32 Å². The number of benzene rings is 1. The minimum absolute atomic E-state index is 0.533. The molecule has 0 aliphatic heterocycles. The van der Waals surface area contributed by atoms with Crippen LogP contribution in [0, 0.1) is 0 Å². The summed E-state index contributed by atoms with van der Waals surface area (Å²) in [6.07, 6.45) is 7.23. The van der Waals surface area contributed by atoms with Crippen LogP contribution in [0.1, 0.15) is 6.92 Å². The second-order valence-corrected chi connectivity index (χ2v) is 6.13. The molecule has 0 saturated heterocycles. The molecule has 0 unspecified atom stereocenters. The third kappa shape index (κ3) is 2.67. The van der Waals surface area contributed by atoms with Crippen molar-refractivity contribution in [2.45, 2.75) is 13.5 Å². The first-order chi connectivity index (χ1) is 13.3. The van der Waals surface area contributed by atoms with E-state index in [2.05, 4.69) is 48.6 Å². The molecule has 8 heteroatoms. The maximum atomic E-state index is 4.57. The first kappa shape index (κ1) is 15.4. The van der Waals surface area contributed by atoms with E-state index in [0.29, 0.717) is 5.95 Å². The van der Waals surface area contributed by atoms with Crippen LogP contribution in [0.15, 0.2) is 55.1 Å². The lowest BCUT2D eigenvalue weighted by molar-refractivity contribution is 0.646. The van der Waals surface area contributed by atoms with Crippen molar-refractivity contribution in [3.63, 3.8) is 0 Å². The molecule has 0 atom stereocenters. The summed E-state index contributed by atoms with van der Waals surface area (Å²) in [7, 11) is 0. The van der Waals surface area contributed by atoms with Crippen LogP contribution in [0.3, 0.4) is 0 Å². The van der Waals surface area contributed by atoms with E-state index >= 15 is 0 Å². The van der Waals surface area contributed by atoms with Gasteiger partial charge in [-0.25, -0.2) is 9.67 Å². The molecular formula is C19H16N8. The van der Waals surface area contributed by atoms with Crippen LogP contribution < -0.4 is 5.32 Å². The van der Waals surface area contributed by atoms with Crippen molar-refractivity contribution in [3.8, 4) is 11.1 Å². The lowest BCUT2D eigenvalue weighted by Gasteiger charge is -2.04. The maximum Gasteiger partial charge on any atom is 0.229 e. The quantitative estimate of drug-likeness (QED) is 0.511. The monoisotopic (exact) mass is 356 g/mol. The summed E-state index contributed by atoms with van der Waals surface area (Å²) in [5, 5.41) is 12.5. The summed E-state index contributed by atoms with van der Waals surface area (Å²) in [4.78, 5) is 16.3. The van der Waals surface area contributed by atoms with Gasteiger partial charge in [-0.05, 0) is 36.8 Å². The van der Waals surface area contributed by atoms with Crippen molar-refractivity contribution in [1.82, 2.24) is 34.9 Å². The van der Waals surface area contributed by atoms with Crippen molar-refractivity contribution in [2.24, 2.45) is 0 Å². The predicted octanol–water partition coefficient (Wildman–Crippen LogP) is 3.53. The topological polar surface area (TPSA) is 97.2 Å². The number of aromatic nitrogens is 7. The predicted molar refractivity (Wildman–Crippen MR) is 104 cm³/mol. The summed E-state index contributed by atoms with van der Waals surface area (Å²) in [5.74, 6) is 0.533. The third-order valence-electron chi connectivity index (χ3n) is 4.49. The summed E-state index contributed by atoms with van der Waals surface area (Å²) < 4.78 is 1.89. The highest BCUT2D eigenvalue weighted by molar-refractivity contribution is 5.95. The van der Waals surface area contributed by atoms with E-state index in [-0.39, 0.29) is 0 Å². The number of H-pyrrole nitrogens is 1. The van der Waals surface area contributed by atoms with Crippen LogP contribution in [0.2, 0.25) is 0 Å². The summed E-state index contributed by atoms with van der Waals surface area (Å²) in [6.45, 7) is 2.83. The molecule has 5 rings (SSSR count).